The molecule has 1 rings (SSSR count). The summed E-state index contributed by atoms with van der Waals surface area (Å²) in [7, 11) is 1.26. The largest absolute Gasteiger partial charge is 0.573 e. The third-order valence-electron chi connectivity index (χ3n) is 2.09. The van der Waals surface area contributed by atoms with Gasteiger partial charge in [0, 0.05) is 6.42 Å². The highest BCUT2D eigenvalue weighted by Crippen LogP contribution is 2.31. The van der Waals surface area contributed by atoms with E-state index in [9.17, 15) is 18.0 Å². The lowest BCUT2D eigenvalue weighted by molar-refractivity contribution is -0.275. The van der Waals surface area contributed by atoms with Gasteiger partial charge in [-0.2, -0.15) is 0 Å². The smallest absolute Gasteiger partial charge is 0.490 e. The van der Waals surface area contributed by atoms with Gasteiger partial charge in [0.15, 0.2) is 11.5 Å². The molecule has 0 amide bonds. The molecule has 0 atom stereocenters. The third kappa shape index (κ3) is 5.98. The minimum atomic E-state index is -4.77. The fraction of sp³-hybridized carbons (Fsp3) is 0.417. The maximum atomic E-state index is 12.1. The van der Waals surface area contributed by atoms with E-state index in [0.717, 1.165) is 6.07 Å². The van der Waals surface area contributed by atoms with Crippen molar-refractivity contribution < 1.29 is 32.2 Å². The summed E-state index contributed by atoms with van der Waals surface area (Å²) < 4.78 is 49.8. The summed E-state index contributed by atoms with van der Waals surface area (Å²) in [4.78, 5) is 10.8. The van der Waals surface area contributed by atoms with Crippen LogP contribution in [0.5, 0.6) is 11.5 Å². The van der Waals surface area contributed by atoms with Crippen molar-refractivity contribution in [1.29, 1.82) is 0 Å². The summed E-state index contributed by atoms with van der Waals surface area (Å²) in [5.74, 6) is -0.832. The van der Waals surface area contributed by atoms with Gasteiger partial charge >= 0.3 is 12.3 Å². The van der Waals surface area contributed by atoms with Crippen molar-refractivity contribution in [2.45, 2.75) is 19.2 Å². The maximum Gasteiger partial charge on any atom is 0.573 e. The lowest BCUT2D eigenvalue weighted by Crippen LogP contribution is -2.17. The quantitative estimate of drug-likeness (QED) is 0.593. The number of esters is 1. The van der Waals surface area contributed by atoms with E-state index < -0.39 is 18.1 Å². The van der Waals surface area contributed by atoms with E-state index in [0.29, 0.717) is 6.42 Å². The van der Waals surface area contributed by atoms with E-state index in [1.165, 1.54) is 25.3 Å². The average molecular weight is 278 g/mol. The number of carbonyl (C=O) groups excluding carboxylic acids is 1. The molecule has 0 heterocycles. The van der Waals surface area contributed by atoms with Gasteiger partial charge in [-0.1, -0.05) is 12.1 Å². The Bertz CT molecular complexity index is 418. The van der Waals surface area contributed by atoms with Crippen LogP contribution in [-0.2, 0) is 9.53 Å². The lowest BCUT2D eigenvalue weighted by atomic mass is 10.3. The Labute approximate surface area is 108 Å². The Morgan fingerprint density at radius 2 is 1.84 bits per heavy atom. The van der Waals surface area contributed by atoms with E-state index in [4.69, 9.17) is 4.74 Å². The first-order valence-electron chi connectivity index (χ1n) is 5.47. The fourth-order valence-corrected chi connectivity index (χ4v) is 1.28. The first-order chi connectivity index (χ1) is 8.92. The molecule has 0 saturated carbocycles. The van der Waals surface area contributed by atoms with Crippen molar-refractivity contribution in [2.24, 2.45) is 0 Å². The van der Waals surface area contributed by atoms with Crippen LogP contribution in [0.4, 0.5) is 13.2 Å². The molecule has 0 spiro atoms. The van der Waals surface area contributed by atoms with Crippen LogP contribution < -0.4 is 9.47 Å². The Morgan fingerprint density at radius 3 is 2.42 bits per heavy atom. The molecule has 0 bridgehead atoms. The topological polar surface area (TPSA) is 44.8 Å². The molecule has 0 N–H and O–H groups in total. The van der Waals surface area contributed by atoms with Gasteiger partial charge in [0.05, 0.1) is 13.7 Å². The minimum absolute atomic E-state index is 0.0234. The molecule has 0 fully saturated rings. The molecule has 106 valence electrons. The van der Waals surface area contributed by atoms with Crippen molar-refractivity contribution in [1.82, 2.24) is 0 Å². The zero-order chi connectivity index (χ0) is 14.3. The molecule has 0 aliphatic rings. The van der Waals surface area contributed by atoms with Crippen LogP contribution in [0.25, 0.3) is 0 Å². The molecule has 1 aromatic rings. The van der Waals surface area contributed by atoms with Gasteiger partial charge in [-0.25, -0.2) is 0 Å². The van der Waals surface area contributed by atoms with Gasteiger partial charge in [0.2, 0.25) is 0 Å². The number of alkyl halides is 3. The van der Waals surface area contributed by atoms with Crippen molar-refractivity contribution >= 4 is 5.97 Å². The Kier molecular flexibility index (Phi) is 5.47. The summed E-state index contributed by atoms with van der Waals surface area (Å²) in [5, 5.41) is 0. The van der Waals surface area contributed by atoms with Gasteiger partial charge in [-0.05, 0) is 18.6 Å². The predicted molar refractivity (Wildman–Crippen MR) is 59.9 cm³/mol. The van der Waals surface area contributed by atoms with E-state index >= 15 is 0 Å². The van der Waals surface area contributed by atoms with Crippen LogP contribution >= 0.6 is 0 Å². The number of rotatable bonds is 6. The minimum Gasteiger partial charge on any atom is -0.490 e. The summed E-state index contributed by atoms with van der Waals surface area (Å²) in [6, 6.07) is 5.45. The highest BCUT2D eigenvalue weighted by molar-refractivity contribution is 5.69. The monoisotopic (exact) mass is 278 g/mol. The van der Waals surface area contributed by atoms with Crippen LogP contribution in [0.1, 0.15) is 12.8 Å². The van der Waals surface area contributed by atoms with E-state index in [1.54, 1.807) is 0 Å². The third-order valence-corrected chi connectivity index (χ3v) is 2.09. The van der Waals surface area contributed by atoms with E-state index in [2.05, 4.69) is 9.47 Å². The molecule has 0 aliphatic carbocycles. The molecule has 4 nitrogen and oxygen atoms in total. The molecule has 19 heavy (non-hydrogen) atoms. The Balaban J connectivity index is 2.51. The van der Waals surface area contributed by atoms with Gasteiger partial charge in [0.1, 0.15) is 0 Å². The average Bonchev–Trinajstić information content (AvgIpc) is 2.34. The van der Waals surface area contributed by atoms with Crippen molar-refractivity contribution in [3.8, 4) is 11.5 Å². The summed E-state index contributed by atoms with van der Waals surface area (Å²) in [6.45, 7) is 0.0906. The van der Waals surface area contributed by atoms with Crippen LogP contribution in [0.2, 0.25) is 0 Å². The molecule has 7 heteroatoms. The van der Waals surface area contributed by atoms with Crippen molar-refractivity contribution in [2.75, 3.05) is 13.7 Å². The van der Waals surface area contributed by atoms with E-state index in [1.807, 2.05) is 0 Å². The second kappa shape index (κ2) is 6.86. The second-order valence-corrected chi connectivity index (χ2v) is 3.52. The lowest BCUT2D eigenvalue weighted by Gasteiger charge is -2.13. The summed E-state index contributed by atoms with van der Waals surface area (Å²) >= 11 is 0. The second-order valence-electron chi connectivity index (χ2n) is 3.52. The van der Waals surface area contributed by atoms with Crippen LogP contribution in [0.3, 0.4) is 0 Å². The molecule has 1 aromatic carbocycles. The first kappa shape index (κ1) is 15.1. The molecule has 0 saturated heterocycles. The standard InChI is InChI=1S/C12H13F3O4/c1-17-11(16)7-4-8-18-9-5-2-3-6-10(9)19-12(13,14)15/h2-3,5-6H,4,7-8H2,1H3. The number of benzene rings is 1. The zero-order valence-corrected chi connectivity index (χ0v) is 10.2. The molecule has 0 aromatic heterocycles. The maximum absolute atomic E-state index is 12.1. The van der Waals surface area contributed by atoms with Crippen molar-refractivity contribution in [3.63, 3.8) is 0 Å². The Morgan fingerprint density at radius 1 is 1.21 bits per heavy atom. The molecular formula is C12H13F3O4. The van der Waals surface area contributed by atoms with Gasteiger partial charge < -0.3 is 14.2 Å². The van der Waals surface area contributed by atoms with Crippen LogP contribution in [0, 0.1) is 0 Å². The van der Waals surface area contributed by atoms with Crippen LogP contribution in [0.15, 0.2) is 24.3 Å². The highest BCUT2D eigenvalue weighted by atomic mass is 19.4. The SMILES string of the molecule is COC(=O)CCCOc1ccccc1OC(F)(F)F. The van der Waals surface area contributed by atoms with Gasteiger partial charge in [-0.15, -0.1) is 13.2 Å². The van der Waals surface area contributed by atoms with Crippen LogP contribution in [-0.4, -0.2) is 26.0 Å². The zero-order valence-electron chi connectivity index (χ0n) is 10.2. The molecular weight excluding hydrogens is 265 g/mol. The number of hydrogen-bond acceptors (Lipinski definition) is 4. The first-order valence-corrected chi connectivity index (χ1v) is 5.47. The molecule has 0 aliphatic heterocycles. The number of carbonyl (C=O) groups is 1. The summed E-state index contributed by atoms with van der Waals surface area (Å²) in [5.41, 5.74) is 0. The summed E-state index contributed by atoms with van der Waals surface area (Å²) in [6.07, 6.45) is -4.29. The normalized spacial score (nSPS) is 10.9. The van der Waals surface area contributed by atoms with Crippen molar-refractivity contribution in [3.05, 3.63) is 24.3 Å². The van der Waals surface area contributed by atoms with Gasteiger partial charge in [0.25, 0.3) is 0 Å². The Hall–Kier alpha value is -1.92. The highest BCUT2D eigenvalue weighted by Gasteiger charge is 2.32. The fourth-order valence-electron chi connectivity index (χ4n) is 1.28. The molecule has 0 unspecified atom stereocenters. The number of methoxy groups -OCH3 is 1. The number of hydrogen-bond donors (Lipinski definition) is 0. The predicted octanol–water partition coefficient (Wildman–Crippen LogP) is 2.92. The number of halogens is 3. The number of ether oxygens (including phenoxy) is 3. The number of para-hydroxylation sites is 2. The van der Waals surface area contributed by atoms with Gasteiger partial charge in [-0.3, -0.25) is 4.79 Å². The molecule has 0 radical (unpaired) electrons. The van der Waals surface area contributed by atoms with E-state index in [-0.39, 0.29) is 18.8 Å².